The molecule has 2 aromatic rings. The number of halogens is 2. The summed E-state index contributed by atoms with van der Waals surface area (Å²) in [7, 11) is 0. The van der Waals surface area contributed by atoms with Gasteiger partial charge in [0, 0.05) is 17.7 Å². The first-order valence-electron chi connectivity index (χ1n) is 10.0. The summed E-state index contributed by atoms with van der Waals surface area (Å²) in [4.78, 5) is 48.9. The van der Waals surface area contributed by atoms with Crippen LogP contribution in [0.1, 0.15) is 23.7 Å². The Morgan fingerprint density at radius 2 is 1.82 bits per heavy atom. The number of benzene rings is 2. The van der Waals surface area contributed by atoms with Crippen molar-refractivity contribution in [1.29, 1.82) is 0 Å². The molecule has 0 radical (unpaired) electrons. The Hall–Kier alpha value is -3.30. The third-order valence-electron chi connectivity index (χ3n) is 4.67. The number of ether oxygens (including phenoxy) is 2. The van der Waals surface area contributed by atoms with E-state index in [0.29, 0.717) is 23.1 Å². The zero-order chi connectivity index (χ0) is 24.0. The van der Waals surface area contributed by atoms with Crippen LogP contribution < -0.4 is 15.5 Å². The second-order valence-electron chi connectivity index (χ2n) is 7.09. The smallest absolute Gasteiger partial charge is 0.311 e. The van der Waals surface area contributed by atoms with E-state index in [1.165, 1.54) is 18.2 Å². The summed E-state index contributed by atoms with van der Waals surface area (Å²) < 4.78 is 10.4. The van der Waals surface area contributed by atoms with E-state index in [2.05, 4.69) is 10.7 Å². The lowest BCUT2D eigenvalue weighted by atomic mass is 10.1. The van der Waals surface area contributed by atoms with Gasteiger partial charge in [-0.2, -0.15) is 0 Å². The fraction of sp³-hybridized carbons (Fsp3) is 0.273. The number of anilines is 1. The summed E-state index contributed by atoms with van der Waals surface area (Å²) in [5.41, 5.74) is 3.16. The van der Waals surface area contributed by atoms with Crippen LogP contribution in [0.5, 0.6) is 5.75 Å². The molecule has 1 aliphatic rings. The van der Waals surface area contributed by atoms with Gasteiger partial charge in [0.05, 0.1) is 29.1 Å². The van der Waals surface area contributed by atoms with Crippen LogP contribution in [0.25, 0.3) is 0 Å². The lowest BCUT2D eigenvalue weighted by Crippen LogP contribution is -2.43. The minimum atomic E-state index is -0.815. The van der Waals surface area contributed by atoms with Crippen LogP contribution in [0.3, 0.4) is 0 Å². The van der Waals surface area contributed by atoms with Gasteiger partial charge in [0.25, 0.3) is 11.8 Å². The Kier molecular flexibility index (Phi) is 8.13. The van der Waals surface area contributed by atoms with Crippen LogP contribution in [-0.2, 0) is 19.1 Å². The third-order valence-corrected chi connectivity index (χ3v) is 5.41. The first-order valence-corrected chi connectivity index (χ1v) is 10.8. The molecule has 3 rings (SSSR count). The SMILES string of the molecule is CCOc1ccc(NC(=O)COC(=O)[C@H]2CC(=O)N(NC(=O)c3ccc(Cl)c(Cl)c3)C2)cc1. The number of esters is 1. The topological polar surface area (TPSA) is 114 Å². The maximum Gasteiger partial charge on any atom is 0.311 e. The van der Waals surface area contributed by atoms with Crippen molar-refractivity contribution in [2.45, 2.75) is 13.3 Å². The van der Waals surface area contributed by atoms with Crippen molar-refractivity contribution in [3.63, 3.8) is 0 Å². The first-order chi connectivity index (χ1) is 15.8. The molecule has 0 aromatic heterocycles. The lowest BCUT2D eigenvalue weighted by molar-refractivity contribution is -0.151. The maximum absolute atomic E-state index is 12.3. The van der Waals surface area contributed by atoms with E-state index in [-0.39, 0.29) is 23.6 Å². The van der Waals surface area contributed by atoms with E-state index in [1.807, 2.05) is 6.92 Å². The zero-order valence-electron chi connectivity index (χ0n) is 17.6. The average molecular weight is 494 g/mol. The first kappa shape index (κ1) is 24.3. The van der Waals surface area contributed by atoms with E-state index in [1.54, 1.807) is 24.3 Å². The quantitative estimate of drug-likeness (QED) is 0.546. The van der Waals surface area contributed by atoms with Gasteiger partial charge in [0.2, 0.25) is 5.91 Å². The second kappa shape index (κ2) is 11.0. The van der Waals surface area contributed by atoms with E-state index in [9.17, 15) is 19.2 Å². The maximum atomic E-state index is 12.3. The van der Waals surface area contributed by atoms with Crippen LogP contribution in [0.2, 0.25) is 10.0 Å². The van der Waals surface area contributed by atoms with E-state index >= 15 is 0 Å². The molecular weight excluding hydrogens is 473 g/mol. The standard InChI is InChI=1S/C22H21Cl2N3O6/c1-2-32-16-6-4-15(5-7-16)25-19(28)12-33-22(31)14-10-20(29)27(11-14)26-21(30)13-3-8-17(23)18(24)9-13/h3-9,14H,2,10-12H2,1H3,(H,25,28)(H,26,30)/t14-/m0/s1. The zero-order valence-corrected chi connectivity index (χ0v) is 19.1. The summed E-state index contributed by atoms with van der Waals surface area (Å²) in [5.74, 6) is -2.42. The Morgan fingerprint density at radius 3 is 2.48 bits per heavy atom. The monoisotopic (exact) mass is 493 g/mol. The van der Waals surface area contributed by atoms with E-state index in [4.69, 9.17) is 32.7 Å². The third kappa shape index (κ3) is 6.59. The number of nitrogens with zero attached hydrogens (tertiary/aromatic N) is 1. The van der Waals surface area contributed by atoms with Gasteiger partial charge in [0.15, 0.2) is 6.61 Å². The van der Waals surface area contributed by atoms with Gasteiger partial charge in [-0.3, -0.25) is 29.6 Å². The summed E-state index contributed by atoms with van der Waals surface area (Å²) in [6, 6.07) is 11.0. The number of hydrogen-bond donors (Lipinski definition) is 2. The largest absolute Gasteiger partial charge is 0.494 e. The highest BCUT2D eigenvalue weighted by atomic mass is 35.5. The van der Waals surface area contributed by atoms with Crippen molar-refractivity contribution >= 4 is 52.6 Å². The second-order valence-corrected chi connectivity index (χ2v) is 7.90. The van der Waals surface area contributed by atoms with E-state index in [0.717, 1.165) is 5.01 Å². The number of carbonyl (C=O) groups excluding carboxylic acids is 4. The molecule has 2 aromatic carbocycles. The highest BCUT2D eigenvalue weighted by Crippen LogP contribution is 2.23. The number of hydrazine groups is 1. The highest BCUT2D eigenvalue weighted by Gasteiger charge is 2.36. The molecule has 2 N–H and O–H groups in total. The van der Waals surface area contributed by atoms with Crippen LogP contribution in [0, 0.1) is 5.92 Å². The molecule has 0 bridgehead atoms. The molecule has 0 spiro atoms. The Bertz CT molecular complexity index is 1060. The van der Waals surface area contributed by atoms with Crippen molar-refractivity contribution in [1.82, 2.24) is 10.4 Å². The van der Waals surface area contributed by atoms with Crippen LogP contribution in [0.4, 0.5) is 5.69 Å². The van der Waals surface area contributed by atoms with Crippen molar-refractivity contribution < 1.29 is 28.7 Å². The van der Waals surface area contributed by atoms with Crippen molar-refractivity contribution in [3.05, 3.63) is 58.1 Å². The van der Waals surface area contributed by atoms with Gasteiger partial charge >= 0.3 is 5.97 Å². The Balaban J connectivity index is 1.46. The van der Waals surface area contributed by atoms with E-state index < -0.39 is 36.2 Å². The number of amides is 3. The predicted octanol–water partition coefficient (Wildman–Crippen LogP) is 3.07. The van der Waals surface area contributed by atoms with Crippen LogP contribution >= 0.6 is 23.2 Å². The highest BCUT2D eigenvalue weighted by molar-refractivity contribution is 6.42. The molecule has 9 nitrogen and oxygen atoms in total. The molecule has 0 saturated carbocycles. The molecule has 1 fully saturated rings. The number of hydrogen-bond acceptors (Lipinski definition) is 6. The number of rotatable bonds is 8. The van der Waals surface area contributed by atoms with Crippen molar-refractivity contribution in [2.24, 2.45) is 5.92 Å². The summed E-state index contributed by atoms with van der Waals surface area (Å²) >= 11 is 11.7. The molecule has 33 heavy (non-hydrogen) atoms. The van der Waals surface area contributed by atoms with Crippen molar-refractivity contribution in [3.8, 4) is 5.75 Å². The molecule has 1 atom stereocenters. The van der Waals surface area contributed by atoms with Crippen molar-refractivity contribution in [2.75, 3.05) is 25.1 Å². The lowest BCUT2D eigenvalue weighted by Gasteiger charge is -2.17. The summed E-state index contributed by atoms with van der Waals surface area (Å²) in [5, 5.41) is 4.13. The molecule has 1 heterocycles. The predicted molar refractivity (Wildman–Crippen MR) is 121 cm³/mol. The minimum absolute atomic E-state index is 0.0781. The Morgan fingerprint density at radius 1 is 1.09 bits per heavy atom. The Labute approximate surface area is 199 Å². The van der Waals surface area contributed by atoms with Gasteiger partial charge in [-0.25, -0.2) is 0 Å². The van der Waals surface area contributed by atoms with Gasteiger partial charge in [-0.15, -0.1) is 0 Å². The van der Waals surface area contributed by atoms with Gasteiger partial charge < -0.3 is 14.8 Å². The van der Waals surface area contributed by atoms with Gasteiger partial charge in [-0.1, -0.05) is 23.2 Å². The molecule has 1 saturated heterocycles. The molecule has 1 aliphatic heterocycles. The summed E-state index contributed by atoms with van der Waals surface area (Å²) in [6.07, 6.45) is -0.152. The van der Waals surface area contributed by atoms with Crippen LogP contribution in [-0.4, -0.2) is 48.5 Å². The van der Waals surface area contributed by atoms with Gasteiger partial charge in [0.1, 0.15) is 5.75 Å². The van der Waals surface area contributed by atoms with Crippen LogP contribution in [0.15, 0.2) is 42.5 Å². The fourth-order valence-electron chi connectivity index (χ4n) is 3.05. The molecule has 11 heteroatoms. The molecule has 0 aliphatic carbocycles. The number of nitrogens with one attached hydrogen (secondary N) is 2. The molecule has 3 amide bonds. The number of carbonyl (C=O) groups is 4. The fourth-order valence-corrected chi connectivity index (χ4v) is 3.35. The molecule has 0 unspecified atom stereocenters. The normalized spacial score (nSPS) is 15.2. The van der Waals surface area contributed by atoms with Gasteiger partial charge in [-0.05, 0) is 49.4 Å². The molecular formula is C22H21Cl2N3O6. The molecule has 174 valence electrons. The average Bonchev–Trinajstić information content (AvgIpc) is 3.15. The summed E-state index contributed by atoms with van der Waals surface area (Å²) in [6.45, 7) is 1.81. The minimum Gasteiger partial charge on any atom is -0.494 e.